The molecule has 2 aromatic carbocycles. The highest BCUT2D eigenvalue weighted by molar-refractivity contribution is 9.10. The zero-order chi connectivity index (χ0) is 19.4. The Morgan fingerprint density at radius 2 is 1.89 bits per heavy atom. The van der Waals surface area contributed by atoms with Crippen LogP contribution in [0.15, 0.2) is 57.5 Å². The largest absolute Gasteiger partial charge is 0.497 e. The summed E-state index contributed by atoms with van der Waals surface area (Å²) in [6, 6.07) is 13.8. The first-order valence-corrected chi connectivity index (χ1v) is 8.96. The maximum absolute atomic E-state index is 13.2. The molecular weight excluding hydrogens is 414 g/mol. The number of aromatic nitrogens is 1. The van der Waals surface area contributed by atoms with Gasteiger partial charge < -0.3 is 14.0 Å². The highest BCUT2D eigenvalue weighted by Crippen LogP contribution is 2.30. The zero-order valence-electron chi connectivity index (χ0n) is 14.7. The van der Waals surface area contributed by atoms with Gasteiger partial charge in [0.1, 0.15) is 17.0 Å². The van der Waals surface area contributed by atoms with Crippen LogP contribution < -0.4 is 4.74 Å². The van der Waals surface area contributed by atoms with Crippen LogP contribution in [0.1, 0.15) is 33.4 Å². The average molecular weight is 430 g/mol. The molecule has 0 bridgehead atoms. The number of hydrogen-bond donors (Lipinski definition) is 0. The van der Waals surface area contributed by atoms with E-state index in [0.717, 1.165) is 4.47 Å². The van der Waals surface area contributed by atoms with Crippen molar-refractivity contribution in [1.82, 2.24) is 5.16 Å². The number of methoxy groups -OCH3 is 1. The first-order chi connectivity index (χ1) is 13.0. The maximum Gasteiger partial charge on any atom is 0.377 e. The predicted octanol–water partition coefficient (Wildman–Crippen LogP) is 4.52. The first-order valence-electron chi connectivity index (χ1n) is 8.16. The van der Waals surface area contributed by atoms with E-state index in [2.05, 4.69) is 21.1 Å². The van der Waals surface area contributed by atoms with E-state index in [0.29, 0.717) is 16.9 Å². The summed E-state index contributed by atoms with van der Waals surface area (Å²) in [5, 5.41) is 3.97. The van der Waals surface area contributed by atoms with Crippen molar-refractivity contribution in [2.45, 2.75) is 6.92 Å². The maximum atomic E-state index is 13.2. The second-order valence-electron chi connectivity index (χ2n) is 5.52. The Morgan fingerprint density at radius 1 is 1.15 bits per heavy atom. The van der Waals surface area contributed by atoms with Crippen LogP contribution in [0.25, 0.3) is 11.3 Å². The molecule has 0 aliphatic carbocycles. The van der Waals surface area contributed by atoms with Crippen LogP contribution in [0.2, 0.25) is 0 Å². The molecule has 1 heterocycles. The first kappa shape index (κ1) is 18.8. The van der Waals surface area contributed by atoms with E-state index in [4.69, 9.17) is 14.0 Å². The van der Waals surface area contributed by atoms with Crippen molar-refractivity contribution >= 4 is 27.7 Å². The number of benzene rings is 2. The minimum Gasteiger partial charge on any atom is -0.497 e. The van der Waals surface area contributed by atoms with E-state index in [-0.39, 0.29) is 23.6 Å². The highest BCUT2D eigenvalue weighted by Gasteiger charge is 2.30. The van der Waals surface area contributed by atoms with Gasteiger partial charge in [-0.3, -0.25) is 4.79 Å². The minimum atomic E-state index is -0.733. The van der Waals surface area contributed by atoms with Crippen LogP contribution >= 0.6 is 15.9 Å². The Labute approximate surface area is 164 Å². The van der Waals surface area contributed by atoms with Gasteiger partial charge in [-0.05, 0) is 43.3 Å². The molecule has 138 valence electrons. The summed E-state index contributed by atoms with van der Waals surface area (Å²) < 4.78 is 16.1. The lowest BCUT2D eigenvalue weighted by Crippen LogP contribution is -2.11. The number of nitrogens with zero attached hydrogens (tertiary/aromatic N) is 1. The van der Waals surface area contributed by atoms with Gasteiger partial charge in [0.25, 0.3) is 5.76 Å². The Bertz CT molecular complexity index is 978. The number of carbonyl (C=O) groups is 2. The lowest BCUT2D eigenvalue weighted by Gasteiger charge is -2.06. The lowest BCUT2D eigenvalue weighted by atomic mass is 9.98. The fourth-order valence-electron chi connectivity index (χ4n) is 2.56. The standard InChI is InChI=1S/C20H16BrNO5/c1-3-26-20(24)19-16(18(23)12-7-9-15(25-2)10-8-12)17(22-27-19)13-5-4-6-14(21)11-13/h4-11H,3H2,1-2H3. The molecule has 0 aliphatic rings. The molecule has 7 heteroatoms. The summed E-state index contributed by atoms with van der Waals surface area (Å²) in [7, 11) is 1.54. The molecular formula is C20H16BrNO5. The van der Waals surface area contributed by atoms with Gasteiger partial charge in [0.05, 0.1) is 13.7 Å². The van der Waals surface area contributed by atoms with Crippen molar-refractivity contribution in [1.29, 1.82) is 0 Å². The van der Waals surface area contributed by atoms with Crippen LogP contribution in [-0.2, 0) is 4.74 Å². The molecule has 3 rings (SSSR count). The quantitative estimate of drug-likeness (QED) is 0.423. The van der Waals surface area contributed by atoms with Crippen molar-refractivity contribution in [3.05, 3.63) is 69.9 Å². The van der Waals surface area contributed by atoms with Crippen LogP contribution in [0.5, 0.6) is 5.75 Å². The Hall–Kier alpha value is -2.93. The molecule has 0 saturated carbocycles. The molecule has 0 radical (unpaired) electrons. The van der Waals surface area contributed by atoms with Gasteiger partial charge in [-0.2, -0.15) is 0 Å². The molecule has 0 N–H and O–H groups in total. The molecule has 3 aromatic rings. The van der Waals surface area contributed by atoms with Crippen LogP contribution in [0.3, 0.4) is 0 Å². The van der Waals surface area contributed by atoms with Gasteiger partial charge in [-0.15, -0.1) is 0 Å². The van der Waals surface area contributed by atoms with Gasteiger partial charge >= 0.3 is 5.97 Å². The third kappa shape index (κ3) is 3.93. The third-order valence-corrected chi connectivity index (χ3v) is 4.32. The van der Waals surface area contributed by atoms with Crippen molar-refractivity contribution < 1.29 is 23.6 Å². The second kappa shape index (κ2) is 8.18. The summed E-state index contributed by atoms with van der Waals surface area (Å²) in [5.41, 5.74) is 1.36. The van der Waals surface area contributed by atoms with Gasteiger partial charge in [-0.1, -0.05) is 33.2 Å². The summed E-state index contributed by atoms with van der Waals surface area (Å²) in [6.07, 6.45) is 0. The van der Waals surface area contributed by atoms with Gasteiger partial charge in [0.15, 0.2) is 5.78 Å². The fourth-order valence-corrected chi connectivity index (χ4v) is 2.96. The van der Waals surface area contributed by atoms with Crippen LogP contribution in [0.4, 0.5) is 0 Å². The SMILES string of the molecule is CCOC(=O)c1onc(-c2cccc(Br)c2)c1C(=O)c1ccc(OC)cc1. The molecule has 0 spiro atoms. The summed E-state index contributed by atoms with van der Waals surface area (Å²) >= 11 is 3.39. The number of carbonyl (C=O) groups excluding carboxylic acids is 2. The van der Waals surface area contributed by atoms with Gasteiger partial charge in [0, 0.05) is 15.6 Å². The molecule has 0 atom stereocenters. The summed E-state index contributed by atoms with van der Waals surface area (Å²) in [4.78, 5) is 25.4. The van der Waals surface area contributed by atoms with E-state index in [9.17, 15) is 9.59 Å². The molecule has 0 unspecified atom stereocenters. The minimum absolute atomic E-state index is 0.0664. The molecule has 0 saturated heterocycles. The predicted molar refractivity (Wildman–Crippen MR) is 102 cm³/mol. The van der Waals surface area contributed by atoms with E-state index in [1.54, 1.807) is 56.5 Å². The number of halogens is 1. The Morgan fingerprint density at radius 3 is 2.52 bits per heavy atom. The van der Waals surface area contributed by atoms with E-state index >= 15 is 0 Å². The van der Waals surface area contributed by atoms with Gasteiger partial charge in [-0.25, -0.2) is 4.79 Å². The van der Waals surface area contributed by atoms with Crippen molar-refractivity contribution in [2.75, 3.05) is 13.7 Å². The van der Waals surface area contributed by atoms with Crippen molar-refractivity contribution in [3.63, 3.8) is 0 Å². The summed E-state index contributed by atoms with van der Waals surface area (Å²) in [6.45, 7) is 1.83. The van der Waals surface area contributed by atoms with Crippen LogP contribution in [-0.4, -0.2) is 30.6 Å². The van der Waals surface area contributed by atoms with Crippen LogP contribution in [0, 0.1) is 0 Å². The third-order valence-electron chi connectivity index (χ3n) is 3.83. The Balaban J connectivity index is 2.13. The topological polar surface area (TPSA) is 78.6 Å². The molecule has 0 fully saturated rings. The molecule has 0 aliphatic heterocycles. The zero-order valence-corrected chi connectivity index (χ0v) is 16.3. The monoisotopic (exact) mass is 429 g/mol. The number of hydrogen-bond acceptors (Lipinski definition) is 6. The number of ether oxygens (including phenoxy) is 2. The molecule has 1 aromatic heterocycles. The van der Waals surface area contributed by atoms with Crippen molar-refractivity contribution in [3.8, 4) is 17.0 Å². The second-order valence-corrected chi connectivity index (χ2v) is 6.44. The van der Waals surface area contributed by atoms with E-state index in [1.807, 2.05) is 6.07 Å². The number of ketones is 1. The average Bonchev–Trinajstić information content (AvgIpc) is 3.13. The normalized spacial score (nSPS) is 10.5. The Kier molecular flexibility index (Phi) is 5.71. The molecule has 0 amide bonds. The van der Waals surface area contributed by atoms with E-state index in [1.165, 1.54) is 0 Å². The lowest BCUT2D eigenvalue weighted by molar-refractivity contribution is 0.0476. The van der Waals surface area contributed by atoms with Gasteiger partial charge in [0.2, 0.25) is 0 Å². The smallest absolute Gasteiger partial charge is 0.377 e. The molecule has 27 heavy (non-hydrogen) atoms. The number of rotatable bonds is 6. The summed E-state index contributed by atoms with van der Waals surface area (Å²) in [5.74, 6) is -0.720. The fraction of sp³-hybridized carbons (Fsp3) is 0.150. The highest BCUT2D eigenvalue weighted by atomic mass is 79.9. The van der Waals surface area contributed by atoms with E-state index < -0.39 is 11.8 Å². The molecule has 6 nitrogen and oxygen atoms in total. The van der Waals surface area contributed by atoms with Crippen molar-refractivity contribution in [2.24, 2.45) is 0 Å². The number of esters is 1.